The van der Waals surface area contributed by atoms with Gasteiger partial charge in [-0.1, -0.05) is 25.7 Å². The lowest BCUT2D eigenvalue weighted by atomic mass is 10.1. The summed E-state index contributed by atoms with van der Waals surface area (Å²) in [6, 6.07) is 0. The molecule has 0 N–H and O–H groups in total. The Balaban J connectivity index is 3.50. The van der Waals surface area contributed by atoms with Gasteiger partial charge in [-0.3, -0.25) is 0 Å². The average Bonchev–Trinajstić information content (AvgIpc) is 2.12. The highest BCUT2D eigenvalue weighted by molar-refractivity contribution is 5.00. The molecule has 1 unspecified atom stereocenters. The zero-order chi connectivity index (χ0) is 10.1. The monoisotopic (exact) mass is 184 g/mol. The number of allylic oxidation sites excluding steroid dienone is 2. The highest BCUT2D eigenvalue weighted by Gasteiger charge is 2.02. The van der Waals surface area contributed by atoms with E-state index in [2.05, 4.69) is 19.6 Å². The minimum atomic E-state index is 0.299. The summed E-state index contributed by atoms with van der Waals surface area (Å²) in [4.78, 5) is 0. The van der Waals surface area contributed by atoms with Crippen molar-refractivity contribution < 1.29 is 9.47 Å². The molecule has 2 nitrogen and oxygen atoms in total. The molecule has 0 radical (unpaired) electrons. The summed E-state index contributed by atoms with van der Waals surface area (Å²) in [6.07, 6.45) is 4.99. The molecule has 0 aliphatic carbocycles. The van der Waals surface area contributed by atoms with Crippen LogP contribution >= 0.6 is 0 Å². The van der Waals surface area contributed by atoms with Gasteiger partial charge in [-0.2, -0.15) is 0 Å². The lowest BCUT2D eigenvalue weighted by Crippen LogP contribution is -2.03. The minimum Gasteiger partial charge on any atom is -0.498 e. The Morgan fingerprint density at radius 2 is 2.15 bits per heavy atom. The smallest absolute Gasteiger partial charge is 0.0953 e. The normalized spacial score (nSPS) is 13.2. The number of ether oxygens (including phenoxy) is 2. The van der Waals surface area contributed by atoms with E-state index in [4.69, 9.17) is 9.47 Å². The van der Waals surface area contributed by atoms with Crippen LogP contribution in [0.5, 0.6) is 0 Å². The molecule has 0 rings (SSSR count). The average molecular weight is 184 g/mol. The van der Waals surface area contributed by atoms with Gasteiger partial charge in [0.15, 0.2) is 0 Å². The van der Waals surface area contributed by atoms with Crippen LogP contribution in [0.1, 0.15) is 20.3 Å². The third-order valence-electron chi connectivity index (χ3n) is 1.77. The van der Waals surface area contributed by atoms with Crippen LogP contribution in [-0.2, 0) is 9.47 Å². The van der Waals surface area contributed by atoms with Crippen molar-refractivity contribution in [2.45, 2.75) is 20.3 Å². The Kier molecular flexibility index (Phi) is 7.41. The van der Waals surface area contributed by atoms with Crippen LogP contribution in [0, 0.1) is 5.92 Å². The summed E-state index contributed by atoms with van der Waals surface area (Å²) >= 11 is 0. The topological polar surface area (TPSA) is 18.5 Å². The summed E-state index contributed by atoms with van der Waals surface area (Å²) in [5, 5.41) is 0. The third-order valence-corrected chi connectivity index (χ3v) is 1.77. The maximum absolute atomic E-state index is 5.43. The molecule has 0 aliphatic rings. The van der Waals surface area contributed by atoms with Gasteiger partial charge in [-0.05, 0) is 6.92 Å². The molecular weight excluding hydrogens is 164 g/mol. The second kappa shape index (κ2) is 7.87. The van der Waals surface area contributed by atoms with E-state index in [1.54, 1.807) is 7.11 Å². The fourth-order valence-corrected chi connectivity index (χ4v) is 0.934. The van der Waals surface area contributed by atoms with E-state index < -0.39 is 0 Å². The third kappa shape index (κ3) is 6.41. The van der Waals surface area contributed by atoms with Crippen LogP contribution in [0.3, 0.4) is 0 Å². The Bertz CT molecular complexity index is 161. The number of methoxy groups -OCH3 is 1. The Morgan fingerprint density at radius 1 is 1.46 bits per heavy atom. The van der Waals surface area contributed by atoms with Gasteiger partial charge in [0.25, 0.3) is 0 Å². The van der Waals surface area contributed by atoms with E-state index in [0.29, 0.717) is 12.5 Å². The maximum Gasteiger partial charge on any atom is 0.0953 e. The molecule has 0 bridgehead atoms. The van der Waals surface area contributed by atoms with Crippen LogP contribution in [0.15, 0.2) is 24.5 Å². The van der Waals surface area contributed by atoms with Crippen LogP contribution in [0.4, 0.5) is 0 Å². The van der Waals surface area contributed by atoms with Crippen molar-refractivity contribution in [2.24, 2.45) is 5.92 Å². The highest BCUT2D eigenvalue weighted by Crippen LogP contribution is 2.11. The summed E-state index contributed by atoms with van der Waals surface area (Å²) in [5.41, 5.74) is 0. The molecule has 0 saturated heterocycles. The van der Waals surface area contributed by atoms with E-state index >= 15 is 0 Å². The standard InChI is InChI=1S/C11H20O2/c1-5-7-10(2)11(3)13-9-6-8-12-4/h5,7,10H,3,6,8-9H2,1-2,4H3/b7-5-. The Labute approximate surface area is 81.2 Å². The van der Waals surface area contributed by atoms with Crippen LogP contribution < -0.4 is 0 Å². The van der Waals surface area contributed by atoms with Gasteiger partial charge < -0.3 is 9.47 Å². The highest BCUT2D eigenvalue weighted by atomic mass is 16.5. The number of hydrogen-bond donors (Lipinski definition) is 0. The van der Waals surface area contributed by atoms with Gasteiger partial charge in [0.05, 0.1) is 12.4 Å². The predicted octanol–water partition coefficient (Wildman–Crippen LogP) is 2.77. The molecule has 0 amide bonds. The van der Waals surface area contributed by atoms with Crippen molar-refractivity contribution in [2.75, 3.05) is 20.3 Å². The van der Waals surface area contributed by atoms with Crippen LogP contribution in [-0.4, -0.2) is 20.3 Å². The van der Waals surface area contributed by atoms with Crippen molar-refractivity contribution in [1.29, 1.82) is 0 Å². The van der Waals surface area contributed by atoms with Crippen molar-refractivity contribution >= 4 is 0 Å². The molecule has 0 aromatic rings. The fraction of sp³-hybridized carbons (Fsp3) is 0.636. The first kappa shape index (κ1) is 12.2. The maximum atomic E-state index is 5.43. The summed E-state index contributed by atoms with van der Waals surface area (Å²) < 4.78 is 10.3. The van der Waals surface area contributed by atoms with Gasteiger partial charge >= 0.3 is 0 Å². The van der Waals surface area contributed by atoms with E-state index in [-0.39, 0.29) is 0 Å². The van der Waals surface area contributed by atoms with Gasteiger partial charge in [-0.15, -0.1) is 0 Å². The second-order valence-corrected chi connectivity index (χ2v) is 2.98. The van der Waals surface area contributed by atoms with Crippen molar-refractivity contribution in [1.82, 2.24) is 0 Å². The van der Waals surface area contributed by atoms with Crippen molar-refractivity contribution in [3.8, 4) is 0 Å². The summed E-state index contributed by atoms with van der Waals surface area (Å²) in [5.74, 6) is 1.13. The molecule has 0 aliphatic heterocycles. The molecule has 0 aromatic carbocycles. The van der Waals surface area contributed by atoms with Crippen LogP contribution in [0.25, 0.3) is 0 Å². The largest absolute Gasteiger partial charge is 0.498 e. The Hall–Kier alpha value is -0.760. The van der Waals surface area contributed by atoms with Gasteiger partial charge in [0.1, 0.15) is 0 Å². The molecule has 0 saturated carbocycles. The van der Waals surface area contributed by atoms with Gasteiger partial charge in [-0.25, -0.2) is 0 Å². The molecule has 0 fully saturated rings. The molecule has 13 heavy (non-hydrogen) atoms. The van der Waals surface area contributed by atoms with Gasteiger partial charge in [0.2, 0.25) is 0 Å². The van der Waals surface area contributed by atoms with Crippen molar-refractivity contribution in [3.05, 3.63) is 24.5 Å². The van der Waals surface area contributed by atoms with Gasteiger partial charge in [0, 0.05) is 26.1 Å². The fourth-order valence-electron chi connectivity index (χ4n) is 0.934. The van der Waals surface area contributed by atoms with Crippen LogP contribution in [0.2, 0.25) is 0 Å². The van der Waals surface area contributed by atoms with E-state index in [0.717, 1.165) is 18.8 Å². The van der Waals surface area contributed by atoms with E-state index in [9.17, 15) is 0 Å². The first-order valence-corrected chi connectivity index (χ1v) is 4.65. The number of rotatable bonds is 7. The first-order chi connectivity index (χ1) is 6.22. The molecule has 0 aromatic heterocycles. The zero-order valence-electron chi connectivity index (χ0n) is 8.88. The van der Waals surface area contributed by atoms with E-state index in [1.807, 2.05) is 13.0 Å². The summed E-state index contributed by atoms with van der Waals surface area (Å²) in [7, 11) is 1.69. The minimum absolute atomic E-state index is 0.299. The summed E-state index contributed by atoms with van der Waals surface area (Å²) in [6.45, 7) is 9.35. The first-order valence-electron chi connectivity index (χ1n) is 4.65. The SMILES string of the molecule is C=C(OCCCOC)C(C)/C=C\C. The number of hydrogen-bond acceptors (Lipinski definition) is 2. The quantitative estimate of drug-likeness (QED) is 0.344. The lowest BCUT2D eigenvalue weighted by molar-refractivity contribution is 0.137. The zero-order valence-corrected chi connectivity index (χ0v) is 8.88. The van der Waals surface area contributed by atoms with Crippen molar-refractivity contribution in [3.63, 3.8) is 0 Å². The molecule has 1 atom stereocenters. The second-order valence-electron chi connectivity index (χ2n) is 2.98. The Morgan fingerprint density at radius 3 is 2.69 bits per heavy atom. The lowest BCUT2D eigenvalue weighted by Gasteiger charge is -2.12. The molecule has 0 heterocycles. The molecular formula is C11H20O2. The molecule has 76 valence electrons. The van der Waals surface area contributed by atoms with E-state index in [1.165, 1.54) is 0 Å². The molecule has 2 heteroatoms. The molecule has 0 spiro atoms. The predicted molar refractivity (Wildman–Crippen MR) is 55.6 cm³/mol.